The molecular weight excluding hydrogens is 376 g/mol. The summed E-state index contributed by atoms with van der Waals surface area (Å²) in [7, 11) is 0. The molecule has 1 saturated heterocycles. The van der Waals surface area contributed by atoms with E-state index in [1.807, 2.05) is 18.3 Å². The Bertz CT molecular complexity index is 837. The second-order valence-corrected chi connectivity index (χ2v) is 7.63. The van der Waals surface area contributed by atoms with Crippen LogP contribution < -0.4 is 10.2 Å². The van der Waals surface area contributed by atoms with Crippen molar-refractivity contribution >= 4 is 23.9 Å². The molecule has 2 atom stereocenters. The van der Waals surface area contributed by atoms with Crippen molar-refractivity contribution < 1.29 is 9.53 Å². The number of anilines is 1. The van der Waals surface area contributed by atoms with Gasteiger partial charge in [0.25, 0.3) is 0 Å². The maximum atomic E-state index is 12.3. The monoisotopic (exact) mass is 404 g/mol. The molecule has 0 aliphatic carbocycles. The summed E-state index contributed by atoms with van der Waals surface area (Å²) in [6.07, 6.45) is 3.92. The lowest BCUT2D eigenvalue weighted by Crippen LogP contribution is -2.45. The number of morpholine rings is 1. The second kappa shape index (κ2) is 9.29. The summed E-state index contributed by atoms with van der Waals surface area (Å²) in [4.78, 5) is 19.1. The number of carbonyl (C=O) groups excluding carboxylic acids is 1. The zero-order valence-corrected chi connectivity index (χ0v) is 17.5. The minimum absolute atomic E-state index is 0.102. The van der Waals surface area contributed by atoms with Gasteiger partial charge in [0.15, 0.2) is 4.77 Å². The Kier molecular flexibility index (Phi) is 6.79. The van der Waals surface area contributed by atoms with Crippen LogP contribution in [0.15, 0.2) is 18.3 Å². The van der Waals surface area contributed by atoms with Gasteiger partial charge >= 0.3 is 0 Å². The fourth-order valence-corrected chi connectivity index (χ4v) is 3.62. The molecule has 1 amide bonds. The van der Waals surface area contributed by atoms with E-state index < -0.39 is 0 Å². The van der Waals surface area contributed by atoms with E-state index in [1.165, 1.54) is 0 Å². The summed E-state index contributed by atoms with van der Waals surface area (Å²) in [6.45, 7) is 8.47. The number of rotatable bonds is 7. The minimum atomic E-state index is -0.102. The molecule has 3 rings (SSSR count). The van der Waals surface area contributed by atoms with Crippen molar-refractivity contribution in [1.29, 1.82) is 0 Å². The van der Waals surface area contributed by atoms with E-state index in [0.29, 0.717) is 11.3 Å². The first kappa shape index (κ1) is 20.5. The zero-order valence-electron chi connectivity index (χ0n) is 16.6. The summed E-state index contributed by atoms with van der Waals surface area (Å²) in [6, 6.07) is 4.00. The van der Waals surface area contributed by atoms with Gasteiger partial charge in [-0.15, -0.1) is 0 Å². The number of aromatic amines is 1. The van der Waals surface area contributed by atoms with Crippen LogP contribution in [-0.4, -0.2) is 51.0 Å². The molecule has 0 radical (unpaired) electrons. The van der Waals surface area contributed by atoms with Gasteiger partial charge in [0.2, 0.25) is 5.91 Å². The van der Waals surface area contributed by atoms with E-state index in [1.54, 1.807) is 4.57 Å². The molecule has 2 N–H and O–H groups in total. The summed E-state index contributed by atoms with van der Waals surface area (Å²) >= 11 is 5.22. The lowest BCUT2D eigenvalue weighted by atomic mass is 10.2. The largest absolute Gasteiger partial charge is 0.372 e. The van der Waals surface area contributed by atoms with Crippen LogP contribution in [-0.2, 0) is 29.0 Å². The first-order chi connectivity index (χ1) is 13.5. The molecule has 1 aliphatic heterocycles. The number of aromatic nitrogens is 4. The van der Waals surface area contributed by atoms with E-state index in [2.05, 4.69) is 46.2 Å². The molecular formula is C19H28N6O2S. The van der Waals surface area contributed by atoms with Crippen LogP contribution in [0.2, 0.25) is 0 Å². The first-order valence-corrected chi connectivity index (χ1v) is 10.1. The van der Waals surface area contributed by atoms with Gasteiger partial charge in [0.1, 0.15) is 18.2 Å². The Morgan fingerprint density at radius 1 is 1.36 bits per heavy atom. The maximum absolute atomic E-state index is 12.3. The molecule has 9 heteroatoms. The number of hydrogen-bond acceptors (Lipinski definition) is 6. The van der Waals surface area contributed by atoms with Crippen molar-refractivity contribution in [2.45, 2.75) is 58.9 Å². The Morgan fingerprint density at radius 3 is 2.75 bits per heavy atom. The van der Waals surface area contributed by atoms with Gasteiger partial charge in [-0.3, -0.25) is 14.5 Å². The molecule has 152 valence electrons. The third-order valence-electron chi connectivity index (χ3n) is 4.66. The molecule has 1 fully saturated rings. The van der Waals surface area contributed by atoms with Gasteiger partial charge < -0.3 is 15.0 Å². The normalized spacial score (nSPS) is 19.6. The van der Waals surface area contributed by atoms with Gasteiger partial charge in [-0.2, -0.15) is 5.10 Å². The highest BCUT2D eigenvalue weighted by Crippen LogP contribution is 2.18. The molecule has 0 spiro atoms. The average Bonchev–Trinajstić information content (AvgIpc) is 3.00. The number of H-pyrrole nitrogens is 1. The topological polar surface area (TPSA) is 88.1 Å². The van der Waals surface area contributed by atoms with Crippen LogP contribution in [0.3, 0.4) is 0 Å². The summed E-state index contributed by atoms with van der Waals surface area (Å²) in [5.74, 6) is 1.64. The van der Waals surface area contributed by atoms with Crippen molar-refractivity contribution in [1.82, 2.24) is 25.1 Å². The van der Waals surface area contributed by atoms with Crippen LogP contribution in [0.1, 0.15) is 38.6 Å². The number of hydrogen-bond donors (Lipinski definition) is 2. The molecule has 8 nitrogen and oxygen atoms in total. The van der Waals surface area contributed by atoms with Crippen LogP contribution in [0.25, 0.3) is 0 Å². The SMILES string of the molecule is CCCc1n[nH]c(=S)n1CC(=O)NCc1ccc(N2C[C@H](C)O[C@@H](C)C2)nc1. The average molecular weight is 405 g/mol. The van der Waals surface area contributed by atoms with E-state index >= 15 is 0 Å². The van der Waals surface area contributed by atoms with E-state index in [-0.39, 0.29) is 24.7 Å². The van der Waals surface area contributed by atoms with Crippen molar-refractivity contribution in [3.8, 4) is 0 Å². The molecule has 3 heterocycles. The Hall–Kier alpha value is -2.26. The smallest absolute Gasteiger partial charge is 0.240 e. The predicted octanol–water partition coefficient (Wildman–Crippen LogP) is 2.22. The van der Waals surface area contributed by atoms with Crippen molar-refractivity contribution in [2.24, 2.45) is 0 Å². The molecule has 0 unspecified atom stereocenters. The van der Waals surface area contributed by atoms with Gasteiger partial charge in [-0.05, 0) is 44.1 Å². The molecule has 0 aromatic carbocycles. The summed E-state index contributed by atoms with van der Waals surface area (Å²) < 4.78 is 7.99. The predicted molar refractivity (Wildman–Crippen MR) is 110 cm³/mol. The number of aryl methyl sites for hydroxylation is 1. The van der Waals surface area contributed by atoms with Gasteiger partial charge in [0.05, 0.1) is 12.2 Å². The molecule has 1 aliphatic rings. The Labute approximate surface area is 170 Å². The summed E-state index contributed by atoms with van der Waals surface area (Å²) in [5.41, 5.74) is 0.955. The van der Waals surface area contributed by atoms with Gasteiger partial charge in [0, 0.05) is 32.3 Å². The third kappa shape index (κ3) is 5.17. The van der Waals surface area contributed by atoms with Crippen molar-refractivity contribution in [3.05, 3.63) is 34.5 Å². The number of ether oxygens (including phenoxy) is 1. The third-order valence-corrected chi connectivity index (χ3v) is 4.97. The van der Waals surface area contributed by atoms with Crippen LogP contribution >= 0.6 is 12.2 Å². The Balaban J connectivity index is 1.54. The van der Waals surface area contributed by atoms with Crippen LogP contribution in [0.5, 0.6) is 0 Å². The van der Waals surface area contributed by atoms with Crippen LogP contribution in [0.4, 0.5) is 5.82 Å². The number of nitrogens with zero attached hydrogens (tertiary/aromatic N) is 4. The second-order valence-electron chi connectivity index (χ2n) is 7.24. The molecule has 2 aromatic rings. The van der Waals surface area contributed by atoms with Crippen molar-refractivity contribution in [2.75, 3.05) is 18.0 Å². The maximum Gasteiger partial charge on any atom is 0.240 e. The van der Waals surface area contributed by atoms with Crippen LogP contribution in [0, 0.1) is 4.77 Å². The standard InChI is InChI=1S/C19H28N6O2S/c1-4-5-17-22-23-19(28)25(17)12-18(26)21-9-15-6-7-16(20-8-15)24-10-13(2)27-14(3)11-24/h6-8,13-14H,4-5,9-12H2,1-3H3,(H,21,26)(H,23,28)/t13-,14-/m0/s1. The van der Waals surface area contributed by atoms with Gasteiger partial charge in [-0.1, -0.05) is 13.0 Å². The quantitative estimate of drug-likeness (QED) is 0.688. The molecule has 28 heavy (non-hydrogen) atoms. The number of nitrogens with one attached hydrogen (secondary N) is 2. The van der Waals surface area contributed by atoms with Crippen molar-refractivity contribution in [3.63, 3.8) is 0 Å². The fraction of sp³-hybridized carbons (Fsp3) is 0.579. The van der Waals surface area contributed by atoms with E-state index in [4.69, 9.17) is 17.0 Å². The fourth-order valence-electron chi connectivity index (χ4n) is 3.40. The number of carbonyl (C=O) groups is 1. The highest BCUT2D eigenvalue weighted by molar-refractivity contribution is 7.71. The number of amides is 1. The van der Waals surface area contributed by atoms with Gasteiger partial charge in [-0.25, -0.2) is 4.98 Å². The highest BCUT2D eigenvalue weighted by atomic mass is 32.1. The van der Waals surface area contributed by atoms with E-state index in [0.717, 1.165) is 43.1 Å². The molecule has 0 bridgehead atoms. The summed E-state index contributed by atoms with van der Waals surface area (Å²) in [5, 5.41) is 9.87. The highest BCUT2D eigenvalue weighted by Gasteiger charge is 2.23. The lowest BCUT2D eigenvalue weighted by Gasteiger charge is -2.36. The lowest BCUT2D eigenvalue weighted by molar-refractivity contribution is -0.121. The Morgan fingerprint density at radius 2 is 2.11 bits per heavy atom. The zero-order chi connectivity index (χ0) is 20.1. The van der Waals surface area contributed by atoms with E-state index in [9.17, 15) is 4.79 Å². The first-order valence-electron chi connectivity index (χ1n) is 9.72. The minimum Gasteiger partial charge on any atom is -0.372 e. The number of pyridine rings is 1. The molecule has 0 saturated carbocycles. The molecule has 2 aromatic heterocycles.